The fraction of sp³-hybridized carbons (Fsp3) is 0.611. The number of hydrogen-bond acceptors (Lipinski definition) is 4. The van der Waals surface area contributed by atoms with Gasteiger partial charge in [-0.2, -0.15) is 12.6 Å². The van der Waals surface area contributed by atoms with Crippen LogP contribution in [0.3, 0.4) is 0 Å². The molecule has 0 bridgehead atoms. The summed E-state index contributed by atoms with van der Waals surface area (Å²) >= 11 is 9.89. The summed E-state index contributed by atoms with van der Waals surface area (Å²) < 4.78 is 5.92. The van der Waals surface area contributed by atoms with Gasteiger partial charge < -0.3 is 9.84 Å². The summed E-state index contributed by atoms with van der Waals surface area (Å²) in [6.07, 6.45) is 0.0282. The van der Waals surface area contributed by atoms with Gasteiger partial charge in [0.25, 0.3) is 0 Å². The highest BCUT2D eigenvalue weighted by atomic mass is 35.5. The van der Waals surface area contributed by atoms with Crippen LogP contribution in [0, 0.1) is 11.8 Å². The van der Waals surface area contributed by atoms with E-state index in [2.05, 4.69) is 40.3 Å². The SMILES string of the molecule is CC(=O)c1cc(OC(C(C)C)C(C)C)cc(Cl)c1O.CC(C)S. The minimum absolute atomic E-state index is 0.0282. The van der Waals surface area contributed by atoms with Gasteiger partial charge >= 0.3 is 0 Å². The molecular formula is C18H29ClO3S. The molecule has 0 fully saturated rings. The highest BCUT2D eigenvalue weighted by Crippen LogP contribution is 2.34. The molecule has 0 radical (unpaired) electrons. The first-order valence-corrected chi connectivity index (χ1v) is 8.74. The molecule has 0 saturated carbocycles. The predicted molar refractivity (Wildman–Crippen MR) is 101 cm³/mol. The Morgan fingerprint density at radius 2 is 1.57 bits per heavy atom. The summed E-state index contributed by atoms with van der Waals surface area (Å²) in [4.78, 5) is 11.4. The van der Waals surface area contributed by atoms with E-state index >= 15 is 0 Å². The molecule has 1 aromatic rings. The van der Waals surface area contributed by atoms with E-state index in [9.17, 15) is 9.90 Å². The third-order valence-corrected chi connectivity index (χ3v) is 3.29. The van der Waals surface area contributed by atoms with E-state index in [1.54, 1.807) is 12.1 Å². The highest BCUT2D eigenvalue weighted by Gasteiger charge is 2.21. The minimum atomic E-state index is -0.240. The normalized spacial score (nSPS) is 11.0. The molecule has 0 aliphatic rings. The Balaban J connectivity index is 0.00000108. The molecule has 23 heavy (non-hydrogen) atoms. The zero-order chi connectivity index (χ0) is 18.3. The number of thiol groups is 1. The van der Waals surface area contributed by atoms with Crippen LogP contribution >= 0.6 is 24.2 Å². The van der Waals surface area contributed by atoms with Gasteiger partial charge in [-0.3, -0.25) is 4.79 Å². The van der Waals surface area contributed by atoms with Crippen LogP contribution < -0.4 is 4.74 Å². The van der Waals surface area contributed by atoms with E-state index in [1.165, 1.54) is 6.92 Å². The number of halogens is 1. The molecule has 1 N–H and O–H groups in total. The average Bonchev–Trinajstić information content (AvgIpc) is 2.37. The second-order valence-corrected chi connectivity index (χ2v) is 7.96. The third kappa shape index (κ3) is 7.98. The van der Waals surface area contributed by atoms with Crippen LogP contribution in [0.2, 0.25) is 5.02 Å². The van der Waals surface area contributed by atoms with Gasteiger partial charge in [-0.25, -0.2) is 0 Å². The third-order valence-electron chi connectivity index (χ3n) is 3.00. The van der Waals surface area contributed by atoms with Gasteiger partial charge in [0, 0.05) is 6.07 Å². The van der Waals surface area contributed by atoms with Gasteiger partial charge in [-0.15, -0.1) is 0 Å². The zero-order valence-corrected chi connectivity index (χ0v) is 16.7. The number of hydrogen-bond donors (Lipinski definition) is 2. The van der Waals surface area contributed by atoms with Crippen molar-refractivity contribution in [3.63, 3.8) is 0 Å². The number of phenols is 1. The topological polar surface area (TPSA) is 46.5 Å². The molecule has 0 spiro atoms. The molecule has 0 aromatic heterocycles. The molecule has 1 aromatic carbocycles. The van der Waals surface area contributed by atoms with E-state index in [-0.39, 0.29) is 28.2 Å². The molecule has 0 heterocycles. The van der Waals surface area contributed by atoms with E-state index in [0.717, 1.165) is 0 Å². The molecule has 1 rings (SSSR count). The maximum atomic E-state index is 11.4. The van der Waals surface area contributed by atoms with Crippen LogP contribution in [0.5, 0.6) is 11.5 Å². The van der Waals surface area contributed by atoms with Crippen molar-refractivity contribution < 1.29 is 14.6 Å². The standard InChI is InChI=1S/C15H21ClO3.C3H8S/c1-8(2)15(9(3)4)19-11-6-12(10(5)17)14(18)13(16)7-11;1-3(2)4/h6-9,15,18H,1-5H3;3-4H,1-2H3. The molecule has 0 saturated heterocycles. The van der Waals surface area contributed by atoms with Gasteiger partial charge in [0.2, 0.25) is 0 Å². The number of phenolic OH excluding ortho intramolecular Hbond substituents is 1. The van der Waals surface area contributed by atoms with Crippen LogP contribution in [0.4, 0.5) is 0 Å². The minimum Gasteiger partial charge on any atom is -0.506 e. The first-order valence-electron chi connectivity index (χ1n) is 7.85. The van der Waals surface area contributed by atoms with Crippen molar-refractivity contribution in [1.29, 1.82) is 0 Å². The summed E-state index contributed by atoms with van der Waals surface area (Å²) in [6.45, 7) is 13.8. The molecule has 132 valence electrons. The van der Waals surface area contributed by atoms with Crippen molar-refractivity contribution in [3.8, 4) is 11.5 Å². The molecule has 3 nitrogen and oxygen atoms in total. The number of carbonyl (C=O) groups excluding carboxylic acids is 1. The smallest absolute Gasteiger partial charge is 0.163 e. The first kappa shape index (κ1) is 22.1. The lowest BCUT2D eigenvalue weighted by Crippen LogP contribution is -2.28. The Bertz CT molecular complexity index is 502. The quantitative estimate of drug-likeness (QED) is 0.528. The molecule has 0 unspecified atom stereocenters. The Labute approximate surface area is 150 Å². The van der Waals surface area contributed by atoms with Crippen LogP contribution in [-0.4, -0.2) is 22.2 Å². The number of aromatic hydroxyl groups is 1. The molecule has 0 aliphatic heterocycles. The Morgan fingerprint density at radius 1 is 1.13 bits per heavy atom. The lowest BCUT2D eigenvalue weighted by molar-refractivity contribution is 0.0997. The maximum Gasteiger partial charge on any atom is 0.163 e. The summed E-state index contributed by atoms with van der Waals surface area (Å²) in [5.74, 6) is 0.768. The summed E-state index contributed by atoms with van der Waals surface area (Å²) in [5, 5.41) is 10.4. The van der Waals surface area contributed by atoms with Crippen LogP contribution in [0.1, 0.15) is 58.8 Å². The number of rotatable bonds is 5. The highest BCUT2D eigenvalue weighted by molar-refractivity contribution is 7.80. The summed E-state index contributed by atoms with van der Waals surface area (Å²) in [7, 11) is 0. The van der Waals surface area contributed by atoms with Crippen molar-refractivity contribution in [2.45, 2.75) is 59.8 Å². The van der Waals surface area contributed by atoms with Gasteiger partial charge in [-0.1, -0.05) is 53.1 Å². The zero-order valence-electron chi connectivity index (χ0n) is 15.1. The van der Waals surface area contributed by atoms with E-state index in [4.69, 9.17) is 16.3 Å². The molecular weight excluding hydrogens is 332 g/mol. The number of Topliss-reactive ketones (excluding diaryl/α,β-unsaturated/α-hetero) is 1. The molecule has 0 amide bonds. The van der Waals surface area contributed by atoms with Crippen molar-refractivity contribution in [1.82, 2.24) is 0 Å². The number of ketones is 1. The maximum absolute atomic E-state index is 11.4. The fourth-order valence-corrected chi connectivity index (χ4v) is 2.32. The summed E-state index contributed by atoms with van der Waals surface area (Å²) in [5.41, 5.74) is 0.189. The Morgan fingerprint density at radius 3 is 1.91 bits per heavy atom. The van der Waals surface area contributed by atoms with Crippen molar-refractivity contribution in [2.75, 3.05) is 0 Å². The fourth-order valence-electron chi connectivity index (χ4n) is 2.11. The van der Waals surface area contributed by atoms with Crippen molar-refractivity contribution in [2.24, 2.45) is 11.8 Å². The molecule has 0 atom stereocenters. The summed E-state index contributed by atoms with van der Waals surface area (Å²) in [6, 6.07) is 3.09. The molecule has 5 heteroatoms. The molecule has 0 aliphatic carbocycles. The van der Waals surface area contributed by atoms with E-state index in [1.807, 2.05) is 13.8 Å². The number of benzene rings is 1. The van der Waals surface area contributed by atoms with Crippen LogP contribution in [0.25, 0.3) is 0 Å². The first-order chi connectivity index (χ1) is 10.5. The van der Waals surface area contributed by atoms with Crippen molar-refractivity contribution >= 4 is 30.0 Å². The van der Waals surface area contributed by atoms with E-state index in [0.29, 0.717) is 22.8 Å². The van der Waals surface area contributed by atoms with E-state index < -0.39 is 0 Å². The largest absolute Gasteiger partial charge is 0.506 e. The predicted octanol–water partition coefficient (Wildman–Crippen LogP) is 5.63. The van der Waals surface area contributed by atoms with Gasteiger partial charge in [-0.05, 0) is 30.1 Å². The average molecular weight is 361 g/mol. The number of ether oxygens (including phenoxy) is 1. The Kier molecular flexibility index (Phi) is 9.71. The van der Waals surface area contributed by atoms with Crippen molar-refractivity contribution in [3.05, 3.63) is 22.7 Å². The number of carbonyl (C=O) groups is 1. The Hall–Kier alpha value is -0.870. The van der Waals surface area contributed by atoms with Gasteiger partial charge in [0.05, 0.1) is 10.6 Å². The second kappa shape index (κ2) is 10.1. The van der Waals surface area contributed by atoms with Gasteiger partial charge in [0.15, 0.2) is 5.78 Å². The lowest BCUT2D eigenvalue weighted by Gasteiger charge is -2.26. The lowest BCUT2D eigenvalue weighted by atomic mass is 9.96. The second-order valence-electron chi connectivity index (χ2n) is 6.52. The van der Waals surface area contributed by atoms with Crippen LogP contribution in [0.15, 0.2) is 12.1 Å². The monoisotopic (exact) mass is 360 g/mol. The van der Waals surface area contributed by atoms with Gasteiger partial charge in [0.1, 0.15) is 17.6 Å². The van der Waals surface area contributed by atoms with Crippen LogP contribution in [-0.2, 0) is 0 Å².